The van der Waals surface area contributed by atoms with E-state index in [1.54, 1.807) is 13.0 Å². The van der Waals surface area contributed by atoms with E-state index in [0.717, 1.165) is 30.4 Å². The molecule has 3 aliphatic rings. The van der Waals surface area contributed by atoms with Crippen molar-refractivity contribution in [3.8, 4) is 0 Å². The lowest BCUT2D eigenvalue weighted by Crippen LogP contribution is -2.45. The minimum atomic E-state index is -0.228. The second-order valence-electron chi connectivity index (χ2n) is 7.51. The molecule has 1 fully saturated rings. The summed E-state index contributed by atoms with van der Waals surface area (Å²) in [6.07, 6.45) is 6.14. The van der Waals surface area contributed by atoms with Crippen LogP contribution in [0.1, 0.15) is 53.9 Å². The van der Waals surface area contributed by atoms with Crippen molar-refractivity contribution in [3.63, 3.8) is 0 Å². The molecule has 0 bridgehead atoms. The second-order valence-corrected chi connectivity index (χ2v) is 7.51. The molecule has 4 heteroatoms. The van der Waals surface area contributed by atoms with Gasteiger partial charge in [0.05, 0.1) is 0 Å². The van der Waals surface area contributed by atoms with Gasteiger partial charge in [-0.3, -0.25) is 0 Å². The van der Waals surface area contributed by atoms with Gasteiger partial charge in [-0.15, -0.1) is 0 Å². The van der Waals surface area contributed by atoms with Crippen LogP contribution < -0.4 is 0 Å². The summed E-state index contributed by atoms with van der Waals surface area (Å²) in [6.45, 7) is 9.86. The van der Waals surface area contributed by atoms with E-state index in [-0.39, 0.29) is 35.5 Å². The van der Waals surface area contributed by atoms with Crippen LogP contribution in [0.4, 0.5) is 0 Å². The molecule has 4 atom stereocenters. The summed E-state index contributed by atoms with van der Waals surface area (Å²) in [4.78, 5) is 24.0. The molecule has 0 spiro atoms. The summed E-state index contributed by atoms with van der Waals surface area (Å²) in [5.74, 6) is -0.231. The maximum Gasteiger partial charge on any atom is 0.334 e. The Morgan fingerprint density at radius 1 is 1.46 bits per heavy atom. The van der Waals surface area contributed by atoms with Gasteiger partial charge in [-0.25, -0.2) is 9.59 Å². The van der Waals surface area contributed by atoms with Gasteiger partial charge in [0, 0.05) is 17.1 Å². The number of ether oxygens (including phenoxy) is 2. The molecule has 0 amide bonds. The zero-order valence-corrected chi connectivity index (χ0v) is 15.1. The molecule has 0 radical (unpaired) electrons. The van der Waals surface area contributed by atoms with Crippen molar-refractivity contribution in [3.05, 3.63) is 34.4 Å². The van der Waals surface area contributed by atoms with E-state index < -0.39 is 0 Å². The number of carbonyl (C=O) groups excluding carboxylic acids is 2. The smallest absolute Gasteiger partial charge is 0.334 e. The standard InChI is InChI=1S/C20H26O4/c1-6-11(2)18(21)23-16-8-7-14-9-17-15(12(3)19(22)24-17)10-20(14,5)13(16)4/h6,9,13,16-17H,7-8,10H2,1-5H3. The van der Waals surface area contributed by atoms with Gasteiger partial charge in [0.25, 0.3) is 0 Å². The summed E-state index contributed by atoms with van der Waals surface area (Å²) in [5, 5.41) is 0. The fraction of sp³-hybridized carbons (Fsp3) is 0.600. The quantitative estimate of drug-likeness (QED) is 0.438. The lowest BCUT2D eigenvalue weighted by atomic mass is 9.58. The third kappa shape index (κ3) is 2.52. The van der Waals surface area contributed by atoms with Crippen molar-refractivity contribution in [1.82, 2.24) is 0 Å². The summed E-state index contributed by atoms with van der Waals surface area (Å²) in [7, 11) is 0. The second kappa shape index (κ2) is 5.91. The van der Waals surface area contributed by atoms with E-state index >= 15 is 0 Å². The van der Waals surface area contributed by atoms with E-state index in [2.05, 4.69) is 19.9 Å². The third-order valence-electron chi connectivity index (χ3n) is 6.28. The average molecular weight is 330 g/mol. The van der Waals surface area contributed by atoms with Gasteiger partial charge in [-0.2, -0.15) is 0 Å². The number of allylic oxidation sites excluding steroid dienone is 2. The van der Waals surface area contributed by atoms with Gasteiger partial charge in [0.1, 0.15) is 12.2 Å². The minimum absolute atomic E-state index is 0.0892. The van der Waals surface area contributed by atoms with Gasteiger partial charge in [-0.1, -0.05) is 25.5 Å². The molecule has 2 aliphatic carbocycles. The van der Waals surface area contributed by atoms with Crippen LogP contribution in [0.25, 0.3) is 0 Å². The zero-order valence-electron chi connectivity index (χ0n) is 15.1. The number of carbonyl (C=O) groups is 2. The molecule has 0 aromatic heterocycles. The molecular formula is C20H26O4. The van der Waals surface area contributed by atoms with Crippen molar-refractivity contribution in [1.29, 1.82) is 0 Å². The largest absolute Gasteiger partial charge is 0.459 e. The Morgan fingerprint density at radius 3 is 2.83 bits per heavy atom. The highest BCUT2D eigenvalue weighted by Crippen LogP contribution is 2.54. The predicted molar refractivity (Wildman–Crippen MR) is 91.1 cm³/mol. The first kappa shape index (κ1) is 17.0. The molecule has 130 valence electrons. The van der Waals surface area contributed by atoms with Crippen LogP contribution in [0.5, 0.6) is 0 Å². The van der Waals surface area contributed by atoms with Crippen molar-refractivity contribution in [2.45, 2.75) is 66.1 Å². The first-order valence-electron chi connectivity index (χ1n) is 8.73. The first-order valence-corrected chi connectivity index (χ1v) is 8.73. The van der Waals surface area contributed by atoms with Crippen LogP contribution in [0, 0.1) is 11.3 Å². The molecular weight excluding hydrogens is 304 g/mol. The molecule has 0 aromatic rings. The maximum absolute atomic E-state index is 12.2. The Morgan fingerprint density at radius 2 is 2.17 bits per heavy atom. The zero-order chi connectivity index (χ0) is 17.6. The Bertz CT molecular complexity index is 682. The molecule has 3 rings (SSSR count). The van der Waals surface area contributed by atoms with Crippen molar-refractivity contribution >= 4 is 11.9 Å². The van der Waals surface area contributed by atoms with Crippen molar-refractivity contribution < 1.29 is 19.1 Å². The third-order valence-corrected chi connectivity index (χ3v) is 6.28. The van der Waals surface area contributed by atoms with Gasteiger partial charge in [-0.05, 0) is 57.1 Å². The van der Waals surface area contributed by atoms with Crippen LogP contribution in [0.3, 0.4) is 0 Å². The Labute approximate surface area is 143 Å². The highest BCUT2D eigenvalue weighted by molar-refractivity contribution is 5.92. The number of rotatable bonds is 2. The minimum Gasteiger partial charge on any atom is -0.459 e. The first-order chi connectivity index (χ1) is 11.3. The van der Waals surface area contributed by atoms with Gasteiger partial charge in [0.15, 0.2) is 0 Å². The molecule has 1 heterocycles. The van der Waals surface area contributed by atoms with Crippen LogP contribution >= 0.6 is 0 Å². The average Bonchev–Trinajstić information content (AvgIpc) is 2.82. The van der Waals surface area contributed by atoms with E-state index in [0.29, 0.717) is 5.57 Å². The van der Waals surface area contributed by atoms with Crippen LogP contribution in [0.15, 0.2) is 34.4 Å². The molecule has 4 nitrogen and oxygen atoms in total. The Hall–Kier alpha value is -1.84. The van der Waals surface area contributed by atoms with Gasteiger partial charge < -0.3 is 9.47 Å². The Balaban J connectivity index is 1.86. The lowest BCUT2D eigenvalue weighted by Gasteiger charge is -2.48. The van der Waals surface area contributed by atoms with Crippen molar-refractivity contribution in [2.24, 2.45) is 11.3 Å². The van der Waals surface area contributed by atoms with Crippen LogP contribution in [0.2, 0.25) is 0 Å². The monoisotopic (exact) mass is 330 g/mol. The molecule has 0 aromatic carbocycles. The molecule has 1 saturated carbocycles. The van der Waals surface area contributed by atoms with E-state index in [1.807, 2.05) is 13.8 Å². The predicted octanol–water partition coefficient (Wildman–Crippen LogP) is 3.87. The van der Waals surface area contributed by atoms with Crippen LogP contribution in [-0.2, 0) is 19.1 Å². The molecule has 1 aliphatic heterocycles. The van der Waals surface area contributed by atoms with E-state index in [9.17, 15) is 9.59 Å². The fourth-order valence-electron chi connectivity index (χ4n) is 4.16. The maximum atomic E-state index is 12.2. The lowest BCUT2D eigenvalue weighted by molar-refractivity contribution is -0.151. The molecule has 0 saturated heterocycles. The van der Waals surface area contributed by atoms with Crippen molar-refractivity contribution in [2.75, 3.05) is 0 Å². The topological polar surface area (TPSA) is 52.6 Å². The number of esters is 2. The van der Waals surface area contributed by atoms with Gasteiger partial charge in [0.2, 0.25) is 0 Å². The SMILES string of the molecule is CC=C(C)C(=O)OC1CCC2=CC3OC(=O)C(C)=C3CC2(C)C1C. The summed E-state index contributed by atoms with van der Waals surface area (Å²) < 4.78 is 11.2. The van der Waals surface area contributed by atoms with E-state index in [4.69, 9.17) is 9.47 Å². The highest BCUT2D eigenvalue weighted by atomic mass is 16.6. The van der Waals surface area contributed by atoms with E-state index in [1.165, 1.54) is 5.57 Å². The fourth-order valence-corrected chi connectivity index (χ4v) is 4.16. The summed E-state index contributed by atoms with van der Waals surface area (Å²) >= 11 is 0. The molecule has 4 unspecified atom stereocenters. The normalized spacial score (nSPS) is 35.9. The summed E-state index contributed by atoms with van der Waals surface area (Å²) in [6, 6.07) is 0. The number of fused-ring (bicyclic) bond motifs is 2. The van der Waals surface area contributed by atoms with Gasteiger partial charge >= 0.3 is 11.9 Å². The summed E-state index contributed by atoms with van der Waals surface area (Å²) in [5.41, 5.74) is 3.73. The highest BCUT2D eigenvalue weighted by Gasteiger charge is 2.50. The molecule has 0 N–H and O–H groups in total. The Kier molecular flexibility index (Phi) is 4.18. The van der Waals surface area contributed by atoms with Crippen LogP contribution in [-0.4, -0.2) is 24.1 Å². The number of hydrogen-bond donors (Lipinski definition) is 0. The molecule has 24 heavy (non-hydrogen) atoms. The number of hydrogen-bond acceptors (Lipinski definition) is 4.